The Labute approximate surface area is 145 Å². The summed E-state index contributed by atoms with van der Waals surface area (Å²) >= 11 is 1.30. The third-order valence-corrected chi connectivity index (χ3v) is 5.22. The van der Waals surface area contributed by atoms with Gasteiger partial charge in [-0.2, -0.15) is 5.26 Å². The Hall–Kier alpha value is -2.20. The van der Waals surface area contributed by atoms with E-state index in [1.807, 2.05) is 19.1 Å². The smallest absolute Gasteiger partial charge is 0.319 e. The van der Waals surface area contributed by atoms with Crippen LogP contribution in [-0.4, -0.2) is 54.6 Å². The first kappa shape index (κ1) is 18.1. The van der Waals surface area contributed by atoms with Crippen LogP contribution in [0.2, 0.25) is 0 Å². The molecule has 2 amide bonds. The van der Waals surface area contributed by atoms with Gasteiger partial charge in [-0.05, 0) is 31.9 Å². The molecule has 1 atom stereocenters. The molecule has 0 spiro atoms. The number of nitrogens with zero attached hydrogens (tertiary/aromatic N) is 3. The number of hydrogen-bond acceptors (Lipinski definition) is 5. The van der Waals surface area contributed by atoms with Crippen molar-refractivity contribution in [3.05, 3.63) is 21.9 Å². The number of piperidine rings is 1. The topological polar surface area (TPSA) is 81.5 Å². The van der Waals surface area contributed by atoms with E-state index in [1.54, 1.807) is 25.1 Å². The summed E-state index contributed by atoms with van der Waals surface area (Å²) in [6.45, 7) is 2.82. The van der Waals surface area contributed by atoms with E-state index in [-0.39, 0.29) is 17.7 Å². The van der Waals surface area contributed by atoms with Crippen LogP contribution in [0.5, 0.6) is 0 Å². The lowest BCUT2D eigenvalue weighted by molar-refractivity contribution is -0.125. The maximum absolute atomic E-state index is 12.6. The molecule has 1 aromatic heterocycles. The molecule has 128 valence electrons. The first-order chi connectivity index (χ1) is 11.3. The number of carbonyl (C=O) groups is 3. The van der Waals surface area contributed by atoms with Crippen molar-refractivity contribution in [3.8, 4) is 6.07 Å². The lowest BCUT2D eigenvalue weighted by Gasteiger charge is -2.33. The molecule has 1 aliphatic rings. The van der Waals surface area contributed by atoms with E-state index in [0.29, 0.717) is 30.8 Å². The van der Waals surface area contributed by atoms with Gasteiger partial charge in [0, 0.05) is 38.0 Å². The summed E-state index contributed by atoms with van der Waals surface area (Å²) in [5.41, 5.74) is 0. The second kappa shape index (κ2) is 7.58. The molecule has 24 heavy (non-hydrogen) atoms. The van der Waals surface area contributed by atoms with E-state index in [2.05, 4.69) is 0 Å². The Bertz CT molecular complexity index is 681. The zero-order valence-corrected chi connectivity index (χ0v) is 14.9. The number of nitriles is 1. The fourth-order valence-electron chi connectivity index (χ4n) is 2.83. The van der Waals surface area contributed by atoms with Crippen LogP contribution in [-0.2, 0) is 4.79 Å². The molecule has 1 unspecified atom stereocenters. The van der Waals surface area contributed by atoms with Crippen molar-refractivity contribution in [3.63, 3.8) is 0 Å². The van der Waals surface area contributed by atoms with Crippen molar-refractivity contribution in [2.75, 3.05) is 27.2 Å². The van der Waals surface area contributed by atoms with Gasteiger partial charge in [-0.25, -0.2) is 4.79 Å². The Morgan fingerprint density at radius 3 is 2.38 bits per heavy atom. The Morgan fingerprint density at radius 2 is 1.92 bits per heavy atom. The molecule has 2 heterocycles. The number of thiophene rings is 1. The van der Waals surface area contributed by atoms with Gasteiger partial charge in [0.25, 0.3) is 0 Å². The van der Waals surface area contributed by atoms with Crippen LogP contribution in [0.15, 0.2) is 12.1 Å². The first-order valence-corrected chi connectivity index (χ1v) is 8.67. The van der Waals surface area contributed by atoms with Crippen molar-refractivity contribution < 1.29 is 14.4 Å². The van der Waals surface area contributed by atoms with Gasteiger partial charge in [0.05, 0.1) is 10.9 Å². The average molecular weight is 347 g/mol. The van der Waals surface area contributed by atoms with Crippen molar-refractivity contribution >= 4 is 28.9 Å². The predicted octanol–water partition coefficient (Wildman–Crippen LogP) is 2.34. The number of carbonyl (C=O) groups excluding carboxylic acids is 3. The van der Waals surface area contributed by atoms with Crippen LogP contribution < -0.4 is 0 Å². The molecular weight excluding hydrogens is 326 g/mol. The summed E-state index contributed by atoms with van der Waals surface area (Å²) in [4.78, 5) is 41.6. The van der Waals surface area contributed by atoms with Crippen LogP contribution in [0.3, 0.4) is 0 Å². The average Bonchev–Trinajstić information content (AvgIpc) is 3.01. The molecule has 0 saturated carbocycles. The lowest BCUT2D eigenvalue weighted by Crippen LogP contribution is -2.45. The van der Waals surface area contributed by atoms with Gasteiger partial charge in [0.15, 0.2) is 17.5 Å². The third-order valence-electron chi connectivity index (χ3n) is 4.21. The molecule has 0 bridgehead atoms. The second-order valence-corrected chi connectivity index (χ2v) is 7.47. The van der Waals surface area contributed by atoms with Gasteiger partial charge in [0.1, 0.15) is 0 Å². The fraction of sp³-hybridized carbons (Fsp3) is 0.529. The van der Waals surface area contributed by atoms with E-state index in [9.17, 15) is 19.6 Å². The molecule has 0 radical (unpaired) electrons. The van der Waals surface area contributed by atoms with Gasteiger partial charge in [-0.15, -0.1) is 11.3 Å². The number of hydrogen-bond donors (Lipinski definition) is 0. The van der Waals surface area contributed by atoms with Crippen molar-refractivity contribution in [2.45, 2.75) is 19.8 Å². The molecule has 1 aromatic rings. The number of amides is 2. The molecule has 2 rings (SSSR count). The lowest BCUT2D eigenvalue weighted by atomic mass is 9.84. The third kappa shape index (κ3) is 3.82. The molecule has 7 heteroatoms. The van der Waals surface area contributed by atoms with E-state index in [4.69, 9.17) is 0 Å². The Kier molecular flexibility index (Phi) is 5.73. The van der Waals surface area contributed by atoms with Crippen molar-refractivity contribution in [1.29, 1.82) is 5.26 Å². The highest BCUT2D eigenvalue weighted by atomic mass is 32.1. The Balaban J connectivity index is 2.02. The van der Waals surface area contributed by atoms with E-state index < -0.39 is 11.7 Å². The predicted molar refractivity (Wildman–Crippen MR) is 90.9 cm³/mol. The first-order valence-electron chi connectivity index (χ1n) is 7.85. The normalized spacial score (nSPS) is 16.3. The molecule has 0 aliphatic carbocycles. The summed E-state index contributed by atoms with van der Waals surface area (Å²) in [7, 11) is 3.37. The summed E-state index contributed by atoms with van der Waals surface area (Å²) in [6.07, 6.45) is 0.987. The minimum Gasteiger partial charge on any atom is -0.331 e. The maximum Gasteiger partial charge on any atom is 0.319 e. The van der Waals surface area contributed by atoms with E-state index in [0.717, 1.165) is 4.88 Å². The van der Waals surface area contributed by atoms with Crippen molar-refractivity contribution in [1.82, 2.24) is 9.80 Å². The number of urea groups is 1. The van der Waals surface area contributed by atoms with Gasteiger partial charge >= 0.3 is 6.03 Å². The van der Waals surface area contributed by atoms with Gasteiger partial charge < -0.3 is 9.80 Å². The van der Waals surface area contributed by atoms with Crippen LogP contribution in [0.25, 0.3) is 0 Å². The molecule has 6 nitrogen and oxygen atoms in total. The molecular formula is C17H21N3O3S. The number of ketones is 2. The molecule has 1 aliphatic heterocycles. The summed E-state index contributed by atoms with van der Waals surface area (Å²) < 4.78 is 0. The highest BCUT2D eigenvalue weighted by molar-refractivity contribution is 7.14. The van der Waals surface area contributed by atoms with Gasteiger partial charge in [-0.1, -0.05) is 0 Å². The number of rotatable bonds is 4. The van der Waals surface area contributed by atoms with Gasteiger partial charge in [0.2, 0.25) is 0 Å². The highest BCUT2D eigenvalue weighted by Crippen LogP contribution is 2.25. The SMILES string of the molecule is Cc1ccc(C(=O)C(C#N)C(=O)C2CCN(C(=O)N(C)C)CC2)s1. The number of likely N-dealkylation sites (tertiary alicyclic amines) is 1. The molecule has 1 fully saturated rings. The van der Waals surface area contributed by atoms with E-state index in [1.165, 1.54) is 16.2 Å². The summed E-state index contributed by atoms with van der Waals surface area (Å²) in [5.74, 6) is -2.31. The number of Topliss-reactive ketones (excluding diaryl/α,β-unsaturated/α-hetero) is 2. The van der Waals surface area contributed by atoms with Crippen LogP contribution in [0.4, 0.5) is 4.79 Å². The maximum atomic E-state index is 12.6. The van der Waals surface area contributed by atoms with Crippen molar-refractivity contribution in [2.24, 2.45) is 11.8 Å². The molecule has 0 aromatic carbocycles. The van der Waals surface area contributed by atoms with E-state index >= 15 is 0 Å². The minimum absolute atomic E-state index is 0.0807. The monoisotopic (exact) mass is 347 g/mol. The second-order valence-electron chi connectivity index (χ2n) is 6.18. The highest BCUT2D eigenvalue weighted by Gasteiger charge is 2.36. The van der Waals surface area contributed by atoms with Crippen LogP contribution in [0, 0.1) is 30.1 Å². The summed E-state index contributed by atoms with van der Waals surface area (Å²) in [5, 5.41) is 9.32. The van der Waals surface area contributed by atoms with Crippen LogP contribution in [0.1, 0.15) is 27.4 Å². The van der Waals surface area contributed by atoms with Gasteiger partial charge in [-0.3, -0.25) is 9.59 Å². The zero-order valence-electron chi connectivity index (χ0n) is 14.1. The van der Waals surface area contributed by atoms with Crippen LogP contribution >= 0.6 is 11.3 Å². The molecule has 1 saturated heterocycles. The largest absolute Gasteiger partial charge is 0.331 e. The zero-order chi connectivity index (χ0) is 17.9. The minimum atomic E-state index is -1.25. The number of aryl methyl sites for hydroxylation is 1. The molecule has 0 N–H and O–H groups in total. The standard InChI is InChI=1S/C17H21N3O3S/c1-11-4-5-14(24-11)16(22)13(10-18)15(21)12-6-8-20(9-7-12)17(23)19(2)3/h4-5,12-13H,6-9H2,1-3H3. The quantitative estimate of drug-likeness (QED) is 0.618. The summed E-state index contributed by atoms with van der Waals surface area (Å²) in [6, 6.07) is 5.27. The Morgan fingerprint density at radius 1 is 1.29 bits per heavy atom. The fourth-order valence-corrected chi connectivity index (χ4v) is 3.67.